The van der Waals surface area contributed by atoms with Crippen LogP contribution in [0.3, 0.4) is 0 Å². The lowest BCUT2D eigenvalue weighted by molar-refractivity contribution is -0.118. The van der Waals surface area contributed by atoms with Crippen molar-refractivity contribution in [3.8, 4) is 11.8 Å². The molecule has 2 aromatic rings. The SMILES string of the molecule is Cc1cccc(C2C(C#N)=C(N)N(NC(=O)c3ccc(O)cc3)C3=C2C(=O)CC(C)(C)C3)c1. The molecule has 0 bridgehead atoms. The first kappa shape index (κ1) is 22.2. The van der Waals surface area contributed by atoms with Crippen molar-refractivity contribution < 1.29 is 14.7 Å². The second kappa shape index (κ2) is 8.14. The van der Waals surface area contributed by atoms with Gasteiger partial charge in [0.2, 0.25) is 0 Å². The number of rotatable bonds is 3. The van der Waals surface area contributed by atoms with Crippen molar-refractivity contribution in [3.05, 3.63) is 87.9 Å². The minimum atomic E-state index is -0.588. The van der Waals surface area contributed by atoms with Gasteiger partial charge in [-0.05, 0) is 48.6 Å². The van der Waals surface area contributed by atoms with Gasteiger partial charge in [0.15, 0.2) is 5.78 Å². The fraction of sp³-hybridized carbons (Fsp3) is 0.269. The molecule has 0 saturated heterocycles. The van der Waals surface area contributed by atoms with Gasteiger partial charge in [0.25, 0.3) is 5.91 Å². The van der Waals surface area contributed by atoms with Gasteiger partial charge in [-0.1, -0.05) is 43.7 Å². The zero-order chi connectivity index (χ0) is 23.9. The third-order valence-corrected chi connectivity index (χ3v) is 6.10. The molecule has 1 aliphatic carbocycles. The molecular weight excluding hydrogens is 416 g/mol. The van der Waals surface area contributed by atoms with Gasteiger partial charge in [-0.25, -0.2) is 5.01 Å². The van der Waals surface area contributed by atoms with Crippen molar-refractivity contribution in [2.45, 2.75) is 39.5 Å². The quantitative estimate of drug-likeness (QED) is 0.665. The molecule has 0 fully saturated rings. The number of hydrogen-bond donors (Lipinski definition) is 3. The van der Waals surface area contributed by atoms with Gasteiger partial charge in [0, 0.05) is 17.6 Å². The Hall–Kier alpha value is -4.05. The smallest absolute Gasteiger partial charge is 0.270 e. The first-order valence-electron chi connectivity index (χ1n) is 10.7. The summed E-state index contributed by atoms with van der Waals surface area (Å²) in [5.41, 5.74) is 12.4. The molecule has 1 amide bonds. The molecule has 2 aromatic carbocycles. The van der Waals surface area contributed by atoms with Crippen LogP contribution in [0.15, 0.2) is 71.2 Å². The number of phenolic OH excluding ortho intramolecular Hbond substituents is 1. The van der Waals surface area contributed by atoms with Gasteiger partial charge < -0.3 is 10.8 Å². The summed E-state index contributed by atoms with van der Waals surface area (Å²) in [6, 6.07) is 15.7. The summed E-state index contributed by atoms with van der Waals surface area (Å²) >= 11 is 0. The second-order valence-electron chi connectivity index (χ2n) is 9.38. The number of aryl methyl sites for hydroxylation is 1. The number of phenols is 1. The lowest BCUT2D eigenvalue weighted by atomic mass is 9.69. The predicted octanol–water partition coefficient (Wildman–Crippen LogP) is 3.78. The summed E-state index contributed by atoms with van der Waals surface area (Å²) in [7, 11) is 0. The van der Waals surface area contributed by atoms with E-state index < -0.39 is 11.8 Å². The number of benzene rings is 2. The molecule has 1 aliphatic heterocycles. The average molecular weight is 443 g/mol. The van der Waals surface area contributed by atoms with Crippen LogP contribution in [-0.2, 0) is 4.79 Å². The first-order chi connectivity index (χ1) is 15.6. The van der Waals surface area contributed by atoms with Crippen LogP contribution in [0.2, 0.25) is 0 Å². The maximum absolute atomic E-state index is 13.4. The number of nitrogens with two attached hydrogens (primary N) is 1. The zero-order valence-electron chi connectivity index (χ0n) is 18.8. The minimum Gasteiger partial charge on any atom is -0.508 e. The summed E-state index contributed by atoms with van der Waals surface area (Å²) < 4.78 is 0. The van der Waals surface area contributed by atoms with Crippen molar-refractivity contribution in [2.24, 2.45) is 11.1 Å². The van der Waals surface area contributed by atoms with E-state index in [1.54, 1.807) is 0 Å². The normalized spacial score (nSPS) is 19.8. The van der Waals surface area contributed by atoms with Gasteiger partial charge in [-0.2, -0.15) is 5.26 Å². The number of ketones is 1. The summed E-state index contributed by atoms with van der Waals surface area (Å²) in [6.07, 6.45) is 0.845. The second-order valence-corrected chi connectivity index (χ2v) is 9.38. The molecular formula is C26H26N4O3. The predicted molar refractivity (Wildman–Crippen MR) is 123 cm³/mol. The Bertz CT molecular complexity index is 1250. The van der Waals surface area contributed by atoms with Gasteiger partial charge in [0.05, 0.1) is 23.3 Å². The van der Waals surface area contributed by atoms with E-state index >= 15 is 0 Å². The van der Waals surface area contributed by atoms with E-state index in [0.717, 1.165) is 11.1 Å². The molecule has 0 saturated carbocycles. The van der Waals surface area contributed by atoms with E-state index in [-0.39, 0.29) is 28.3 Å². The minimum absolute atomic E-state index is 0.0429. The van der Waals surface area contributed by atoms with Crippen LogP contribution < -0.4 is 11.2 Å². The summed E-state index contributed by atoms with van der Waals surface area (Å²) in [6.45, 7) is 5.95. The van der Waals surface area contributed by atoms with Gasteiger partial charge in [-0.15, -0.1) is 0 Å². The molecule has 0 spiro atoms. The molecule has 0 aromatic heterocycles. The molecule has 1 heterocycles. The number of nitriles is 1. The van der Waals surface area contributed by atoms with Crippen LogP contribution in [0.25, 0.3) is 0 Å². The zero-order valence-corrected chi connectivity index (χ0v) is 18.8. The van der Waals surface area contributed by atoms with Gasteiger partial charge in [-0.3, -0.25) is 15.0 Å². The summed E-state index contributed by atoms with van der Waals surface area (Å²) in [4.78, 5) is 26.4. The van der Waals surface area contributed by atoms with E-state index in [4.69, 9.17) is 5.73 Å². The van der Waals surface area contributed by atoms with E-state index in [1.165, 1.54) is 29.3 Å². The molecule has 33 heavy (non-hydrogen) atoms. The number of nitrogens with zero attached hydrogens (tertiary/aromatic N) is 2. The maximum atomic E-state index is 13.4. The fourth-order valence-corrected chi connectivity index (χ4v) is 4.60. The monoisotopic (exact) mass is 442 g/mol. The standard InChI is InChI=1S/C26H26N4O3/c1-15-5-4-6-17(11-15)22-19(14-27)24(28)30(20-12-26(2,3)13-21(32)23(20)22)29-25(33)16-7-9-18(31)10-8-16/h4-11,22,31H,12-13,28H2,1-3H3,(H,29,33). The number of hydrazine groups is 1. The fourth-order valence-electron chi connectivity index (χ4n) is 4.60. The number of allylic oxidation sites excluding steroid dienone is 3. The molecule has 168 valence electrons. The molecule has 1 atom stereocenters. The van der Waals surface area contributed by atoms with Crippen LogP contribution in [0.5, 0.6) is 5.75 Å². The highest BCUT2D eigenvalue weighted by Gasteiger charge is 2.44. The highest BCUT2D eigenvalue weighted by molar-refractivity contribution is 6.01. The third-order valence-electron chi connectivity index (χ3n) is 6.10. The van der Waals surface area contributed by atoms with Crippen molar-refractivity contribution >= 4 is 11.7 Å². The Morgan fingerprint density at radius 2 is 1.91 bits per heavy atom. The Morgan fingerprint density at radius 3 is 2.55 bits per heavy atom. The van der Waals surface area contributed by atoms with Gasteiger partial charge in [0.1, 0.15) is 11.6 Å². The number of Topliss-reactive ketones (excluding diaryl/α,β-unsaturated/α-hetero) is 1. The molecule has 0 radical (unpaired) electrons. The summed E-state index contributed by atoms with van der Waals surface area (Å²) in [5, 5.41) is 21.0. The molecule has 4 N–H and O–H groups in total. The average Bonchev–Trinajstić information content (AvgIpc) is 2.75. The Kier molecular flexibility index (Phi) is 5.46. The van der Waals surface area contributed by atoms with E-state index in [0.29, 0.717) is 29.7 Å². The van der Waals surface area contributed by atoms with E-state index in [9.17, 15) is 20.0 Å². The number of hydrogen-bond acceptors (Lipinski definition) is 6. The lowest BCUT2D eigenvalue weighted by Gasteiger charge is -2.43. The molecule has 7 nitrogen and oxygen atoms in total. The summed E-state index contributed by atoms with van der Waals surface area (Å²) in [5.74, 6) is -0.971. The topological polar surface area (TPSA) is 119 Å². The number of amides is 1. The van der Waals surface area contributed by atoms with Crippen molar-refractivity contribution in [2.75, 3.05) is 0 Å². The molecule has 1 unspecified atom stereocenters. The number of nitrogens with one attached hydrogen (secondary N) is 1. The van der Waals surface area contributed by atoms with Crippen molar-refractivity contribution in [3.63, 3.8) is 0 Å². The van der Waals surface area contributed by atoms with E-state index in [1.807, 2.05) is 45.0 Å². The van der Waals surface area contributed by atoms with Crippen molar-refractivity contribution in [1.29, 1.82) is 5.26 Å². The highest BCUT2D eigenvalue weighted by Crippen LogP contribution is 2.48. The van der Waals surface area contributed by atoms with Crippen LogP contribution in [0, 0.1) is 23.7 Å². The number of carbonyl (C=O) groups is 2. The Labute approximate surface area is 192 Å². The van der Waals surface area contributed by atoms with E-state index in [2.05, 4.69) is 11.5 Å². The van der Waals surface area contributed by atoms with Gasteiger partial charge >= 0.3 is 0 Å². The number of carbonyl (C=O) groups excluding carboxylic acids is 2. The third kappa shape index (κ3) is 4.08. The van der Waals surface area contributed by atoms with Crippen LogP contribution in [0.4, 0.5) is 0 Å². The number of aromatic hydroxyl groups is 1. The molecule has 4 rings (SSSR count). The highest BCUT2D eigenvalue weighted by atomic mass is 16.3. The maximum Gasteiger partial charge on any atom is 0.270 e. The van der Waals surface area contributed by atoms with Crippen LogP contribution in [0.1, 0.15) is 54.1 Å². The Balaban J connectivity index is 1.85. The first-order valence-corrected chi connectivity index (χ1v) is 10.7. The molecule has 7 heteroatoms. The van der Waals surface area contributed by atoms with Crippen LogP contribution in [-0.4, -0.2) is 21.8 Å². The Morgan fingerprint density at radius 1 is 1.21 bits per heavy atom. The molecule has 2 aliphatic rings. The lowest BCUT2D eigenvalue weighted by Crippen LogP contribution is -2.49. The largest absolute Gasteiger partial charge is 0.508 e. The van der Waals surface area contributed by atoms with Crippen molar-refractivity contribution in [1.82, 2.24) is 10.4 Å². The van der Waals surface area contributed by atoms with Crippen LogP contribution >= 0.6 is 0 Å².